The quantitative estimate of drug-likeness (QED) is 0.868. The van der Waals surface area contributed by atoms with Gasteiger partial charge in [0, 0.05) is 17.5 Å². The van der Waals surface area contributed by atoms with Crippen LogP contribution in [0.3, 0.4) is 0 Å². The number of hydrogen-bond acceptors (Lipinski definition) is 3. The van der Waals surface area contributed by atoms with Crippen molar-refractivity contribution in [3.63, 3.8) is 0 Å². The number of carbonyl (C=O) groups excluding carboxylic acids is 1. The van der Waals surface area contributed by atoms with Crippen LogP contribution in [0.4, 0.5) is 0 Å². The second-order valence-corrected chi connectivity index (χ2v) is 6.69. The molecule has 2 aliphatic rings. The minimum absolute atomic E-state index is 0.147. The number of fused-ring (bicyclic) bond motifs is 1. The Labute approximate surface area is 130 Å². The Hall–Kier alpha value is -1.06. The molecule has 2 aliphatic carbocycles. The first-order valence-corrected chi connectivity index (χ1v) is 8.19. The molecule has 4 heteroatoms. The van der Waals surface area contributed by atoms with Crippen molar-refractivity contribution in [2.24, 2.45) is 5.41 Å². The Morgan fingerprint density at radius 1 is 1.29 bits per heavy atom. The van der Waals surface area contributed by atoms with Crippen molar-refractivity contribution < 1.29 is 14.6 Å². The molecule has 1 aromatic rings. The summed E-state index contributed by atoms with van der Waals surface area (Å²) in [4.78, 5) is 12.5. The average molecular weight is 309 g/mol. The predicted octanol–water partition coefficient (Wildman–Crippen LogP) is 3.35. The van der Waals surface area contributed by atoms with Gasteiger partial charge in [-0.15, -0.1) is 11.6 Å². The minimum Gasteiger partial charge on any atom is -0.491 e. The Kier molecular flexibility index (Phi) is 4.23. The molecule has 1 fully saturated rings. The standard InChI is InChI=1S/C17H21ClO3/c18-10-12(19)11-21-16-5-3-4-13-14(16)8-17(9-15(13)20)6-1-2-7-17/h3-5,12,19H,1-2,6-11H2. The van der Waals surface area contributed by atoms with E-state index in [1.54, 1.807) is 0 Å². The fourth-order valence-corrected chi connectivity index (χ4v) is 3.82. The van der Waals surface area contributed by atoms with E-state index >= 15 is 0 Å². The summed E-state index contributed by atoms with van der Waals surface area (Å²) in [6.07, 6.45) is 5.62. The van der Waals surface area contributed by atoms with Crippen LogP contribution in [-0.2, 0) is 6.42 Å². The first-order valence-electron chi connectivity index (χ1n) is 7.65. The molecule has 1 N–H and O–H groups in total. The molecule has 3 rings (SSSR count). The average Bonchev–Trinajstić information content (AvgIpc) is 2.92. The van der Waals surface area contributed by atoms with Crippen LogP contribution < -0.4 is 4.74 Å². The van der Waals surface area contributed by atoms with Gasteiger partial charge >= 0.3 is 0 Å². The first-order chi connectivity index (χ1) is 10.1. The third-order valence-corrected chi connectivity index (χ3v) is 5.15. The number of ketones is 1. The lowest BCUT2D eigenvalue weighted by molar-refractivity contribution is 0.0882. The van der Waals surface area contributed by atoms with Gasteiger partial charge in [-0.1, -0.05) is 25.0 Å². The van der Waals surface area contributed by atoms with Crippen LogP contribution >= 0.6 is 11.6 Å². The molecule has 1 atom stereocenters. The van der Waals surface area contributed by atoms with Crippen molar-refractivity contribution in [2.45, 2.75) is 44.6 Å². The van der Waals surface area contributed by atoms with Crippen LogP contribution in [0.15, 0.2) is 18.2 Å². The maximum Gasteiger partial charge on any atom is 0.163 e. The van der Waals surface area contributed by atoms with Crippen molar-refractivity contribution in [1.29, 1.82) is 0 Å². The highest BCUT2D eigenvalue weighted by atomic mass is 35.5. The molecule has 0 saturated heterocycles. The largest absolute Gasteiger partial charge is 0.491 e. The summed E-state index contributed by atoms with van der Waals surface area (Å²) < 4.78 is 5.72. The van der Waals surface area contributed by atoms with Crippen molar-refractivity contribution in [3.8, 4) is 5.75 Å². The SMILES string of the molecule is O=C1CC2(CCCC2)Cc2c(OCC(O)CCl)cccc21. The lowest BCUT2D eigenvalue weighted by Gasteiger charge is -2.34. The summed E-state index contributed by atoms with van der Waals surface area (Å²) in [5.74, 6) is 1.12. The molecular formula is C17H21ClO3. The van der Waals surface area contributed by atoms with Crippen LogP contribution in [0.2, 0.25) is 0 Å². The molecule has 3 nitrogen and oxygen atoms in total. The topological polar surface area (TPSA) is 46.5 Å². The Morgan fingerprint density at radius 3 is 2.76 bits per heavy atom. The van der Waals surface area contributed by atoms with Crippen molar-refractivity contribution in [2.75, 3.05) is 12.5 Å². The summed E-state index contributed by atoms with van der Waals surface area (Å²) in [7, 11) is 0. The van der Waals surface area contributed by atoms with E-state index in [9.17, 15) is 9.90 Å². The zero-order chi connectivity index (χ0) is 14.9. The van der Waals surface area contributed by atoms with Gasteiger partial charge in [-0.2, -0.15) is 0 Å². The zero-order valence-electron chi connectivity index (χ0n) is 12.1. The Bertz CT molecular complexity index is 535. The van der Waals surface area contributed by atoms with Crippen molar-refractivity contribution in [3.05, 3.63) is 29.3 Å². The molecule has 1 aromatic carbocycles. The van der Waals surface area contributed by atoms with Gasteiger partial charge in [0.15, 0.2) is 5.78 Å². The number of aliphatic hydroxyl groups excluding tert-OH is 1. The summed E-state index contributed by atoms with van der Waals surface area (Å²) in [5, 5.41) is 9.56. The maximum atomic E-state index is 12.5. The summed E-state index contributed by atoms with van der Waals surface area (Å²) in [6, 6.07) is 5.64. The van der Waals surface area contributed by atoms with E-state index in [2.05, 4.69) is 0 Å². The smallest absolute Gasteiger partial charge is 0.163 e. The monoisotopic (exact) mass is 308 g/mol. The predicted molar refractivity (Wildman–Crippen MR) is 82.2 cm³/mol. The second kappa shape index (κ2) is 5.98. The maximum absolute atomic E-state index is 12.5. The molecular weight excluding hydrogens is 288 g/mol. The Morgan fingerprint density at radius 2 is 2.05 bits per heavy atom. The molecule has 114 valence electrons. The van der Waals surface area contributed by atoms with E-state index in [0.29, 0.717) is 6.42 Å². The molecule has 0 heterocycles. The van der Waals surface area contributed by atoms with E-state index in [1.165, 1.54) is 12.8 Å². The van der Waals surface area contributed by atoms with Crippen LogP contribution in [0.5, 0.6) is 5.75 Å². The van der Waals surface area contributed by atoms with Crippen LogP contribution in [0, 0.1) is 5.41 Å². The third kappa shape index (κ3) is 2.95. The fourth-order valence-electron chi connectivity index (χ4n) is 3.73. The molecule has 0 aliphatic heterocycles. The van der Waals surface area contributed by atoms with Gasteiger partial charge in [0.05, 0.1) is 5.88 Å². The van der Waals surface area contributed by atoms with E-state index in [-0.39, 0.29) is 23.7 Å². The van der Waals surface area contributed by atoms with Gasteiger partial charge in [-0.3, -0.25) is 4.79 Å². The number of aliphatic hydroxyl groups is 1. The number of hydrogen-bond donors (Lipinski definition) is 1. The van der Waals surface area contributed by atoms with Gasteiger partial charge < -0.3 is 9.84 Å². The van der Waals surface area contributed by atoms with Gasteiger partial charge in [0.2, 0.25) is 0 Å². The number of carbonyl (C=O) groups is 1. The zero-order valence-corrected chi connectivity index (χ0v) is 12.9. The van der Waals surface area contributed by atoms with Crippen LogP contribution in [-0.4, -0.2) is 29.5 Å². The Balaban J connectivity index is 1.87. The molecule has 0 aromatic heterocycles. The number of rotatable bonds is 4. The lowest BCUT2D eigenvalue weighted by atomic mass is 9.70. The van der Waals surface area contributed by atoms with Gasteiger partial charge in [0.1, 0.15) is 18.5 Å². The molecule has 1 spiro atoms. The minimum atomic E-state index is -0.678. The summed E-state index contributed by atoms with van der Waals surface area (Å²) in [5.41, 5.74) is 1.97. The number of alkyl halides is 1. The molecule has 21 heavy (non-hydrogen) atoms. The number of ether oxygens (including phenoxy) is 1. The third-order valence-electron chi connectivity index (χ3n) is 4.79. The number of benzene rings is 1. The van der Waals surface area contributed by atoms with Crippen molar-refractivity contribution in [1.82, 2.24) is 0 Å². The molecule has 0 radical (unpaired) electrons. The van der Waals surface area contributed by atoms with E-state index in [4.69, 9.17) is 16.3 Å². The van der Waals surface area contributed by atoms with E-state index < -0.39 is 6.10 Å². The van der Waals surface area contributed by atoms with Crippen molar-refractivity contribution >= 4 is 17.4 Å². The first kappa shape index (κ1) is 14.9. The lowest BCUT2D eigenvalue weighted by Crippen LogP contribution is -2.30. The van der Waals surface area contributed by atoms with Crippen LogP contribution in [0.1, 0.15) is 48.0 Å². The normalized spacial score (nSPS) is 21.3. The highest BCUT2D eigenvalue weighted by Gasteiger charge is 2.41. The summed E-state index contributed by atoms with van der Waals surface area (Å²) in [6.45, 7) is 0.168. The van der Waals surface area contributed by atoms with E-state index in [0.717, 1.165) is 36.1 Å². The van der Waals surface area contributed by atoms with Gasteiger partial charge in [-0.25, -0.2) is 0 Å². The highest BCUT2D eigenvalue weighted by Crippen LogP contribution is 2.49. The number of halogens is 1. The molecule has 1 saturated carbocycles. The molecule has 0 bridgehead atoms. The highest BCUT2D eigenvalue weighted by molar-refractivity contribution is 6.18. The fraction of sp³-hybridized carbons (Fsp3) is 0.588. The molecule has 0 amide bonds. The van der Waals surface area contributed by atoms with Gasteiger partial charge in [0.25, 0.3) is 0 Å². The van der Waals surface area contributed by atoms with Gasteiger partial charge in [-0.05, 0) is 30.7 Å². The van der Waals surface area contributed by atoms with E-state index in [1.807, 2.05) is 18.2 Å². The van der Waals surface area contributed by atoms with Crippen LogP contribution in [0.25, 0.3) is 0 Å². The summed E-state index contributed by atoms with van der Waals surface area (Å²) >= 11 is 5.60. The molecule has 1 unspecified atom stereocenters. The number of Topliss-reactive ketones (excluding diaryl/α,β-unsaturated/α-hetero) is 1. The second-order valence-electron chi connectivity index (χ2n) is 6.39.